The molecule has 14 heteroatoms. The third-order valence-electron chi connectivity index (χ3n) is 6.51. The highest BCUT2D eigenvalue weighted by Gasteiger charge is 2.34. The van der Waals surface area contributed by atoms with Crippen molar-refractivity contribution in [3.63, 3.8) is 0 Å². The molecule has 0 saturated carbocycles. The van der Waals surface area contributed by atoms with Gasteiger partial charge in [0.2, 0.25) is 11.8 Å². The summed E-state index contributed by atoms with van der Waals surface area (Å²) in [6.07, 6.45) is 0. The number of rotatable bonds is 12. The highest BCUT2D eigenvalue weighted by atomic mass is 35.5. The maximum absolute atomic E-state index is 14.0. The number of benzene rings is 3. The van der Waals surface area contributed by atoms with E-state index in [4.69, 9.17) is 27.9 Å². The molecule has 3 rings (SSSR count). The molecule has 0 aliphatic carbocycles. The average Bonchev–Trinajstić information content (AvgIpc) is 2.95. The van der Waals surface area contributed by atoms with Crippen molar-refractivity contribution in [3.05, 3.63) is 92.0 Å². The van der Waals surface area contributed by atoms with E-state index in [0.29, 0.717) is 17.9 Å². The van der Waals surface area contributed by atoms with Gasteiger partial charge in [0.05, 0.1) is 22.6 Å². The minimum atomic E-state index is -4.53. The number of hydrogen-bond donors (Lipinski definition) is 1. The van der Waals surface area contributed by atoms with Gasteiger partial charge in [-0.25, -0.2) is 8.42 Å². The Bertz CT molecular complexity index is 1560. The van der Waals surface area contributed by atoms with Crippen molar-refractivity contribution < 1.29 is 27.7 Å². The van der Waals surface area contributed by atoms with E-state index in [9.17, 15) is 28.1 Å². The fourth-order valence-corrected chi connectivity index (χ4v) is 6.06. The molecule has 3 aromatic carbocycles. The number of methoxy groups -OCH3 is 1. The monoisotopic (exact) mass is 636 g/mol. The fraction of sp³-hybridized carbons (Fsp3) is 0.286. The molecule has 0 fully saturated rings. The number of hydrogen-bond acceptors (Lipinski definition) is 7. The van der Waals surface area contributed by atoms with Crippen molar-refractivity contribution >= 4 is 56.4 Å². The normalized spacial score (nSPS) is 11.9. The number of anilines is 1. The van der Waals surface area contributed by atoms with Gasteiger partial charge in [-0.05, 0) is 63.2 Å². The lowest BCUT2D eigenvalue weighted by Gasteiger charge is -2.32. The zero-order valence-electron chi connectivity index (χ0n) is 23.3. The van der Waals surface area contributed by atoms with Crippen LogP contribution in [0.3, 0.4) is 0 Å². The summed E-state index contributed by atoms with van der Waals surface area (Å²) in [5, 5.41) is 14.7. The summed E-state index contributed by atoms with van der Waals surface area (Å²) in [4.78, 5) is 38.5. The third kappa shape index (κ3) is 7.30. The van der Waals surface area contributed by atoms with Crippen molar-refractivity contribution in [1.82, 2.24) is 10.2 Å². The van der Waals surface area contributed by atoms with E-state index in [-0.39, 0.29) is 32.7 Å². The van der Waals surface area contributed by atoms with Gasteiger partial charge in [0.1, 0.15) is 18.3 Å². The number of nitro benzene ring substituents is 1. The Kier molecular flexibility index (Phi) is 10.8. The molecule has 42 heavy (non-hydrogen) atoms. The standard InChI is InChI=1S/C28H30Cl2N4O7S/c1-5-31-28(36)19(3)32(16-23-24(29)7-6-8-25(23)30)27(35)17-33(20-10-12-21(41-4)13-11-20)42(39,40)22-14-9-18(2)26(15-22)34(37)38/h6-15,19H,5,16-17H2,1-4H3,(H,31,36). The Hall–Kier alpha value is -3.87. The molecule has 2 amide bonds. The summed E-state index contributed by atoms with van der Waals surface area (Å²) in [5.74, 6) is -0.777. The summed E-state index contributed by atoms with van der Waals surface area (Å²) < 4.78 is 34.0. The zero-order chi connectivity index (χ0) is 31.2. The molecule has 0 spiro atoms. The van der Waals surface area contributed by atoms with Crippen LogP contribution in [0.5, 0.6) is 5.75 Å². The summed E-state index contributed by atoms with van der Waals surface area (Å²) in [6.45, 7) is 4.07. The molecule has 3 aromatic rings. The van der Waals surface area contributed by atoms with Crippen LogP contribution < -0.4 is 14.4 Å². The topological polar surface area (TPSA) is 139 Å². The number of carbonyl (C=O) groups is 2. The van der Waals surface area contributed by atoms with Crippen LogP contribution in [0, 0.1) is 17.0 Å². The van der Waals surface area contributed by atoms with Gasteiger partial charge in [0.25, 0.3) is 15.7 Å². The number of nitro groups is 1. The van der Waals surface area contributed by atoms with Crippen LogP contribution >= 0.6 is 23.2 Å². The van der Waals surface area contributed by atoms with Crippen LogP contribution in [-0.2, 0) is 26.2 Å². The first-order valence-electron chi connectivity index (χ1n) is 12.7. The van der Waals surface area contributed by atoms with Crippen LogP contribution in [0.15, 0.2) is 65.6 Å². The van der Waals surface area contributed by atoms with E-state index < -0.39 is 45.0 Å². The van der Waals surface area contributed by atoms with Crippen LogP contribution in [0.4, 0.5) is 11.4 Å². The summed E-state index contributed by atoms with van der Waals surface area (Å²) in [6, 6.07) is 13.2. The largest absolute Gasteiger partial charge is 0.497 e. The molecule has 0 aliphatic rings. The molecule has 0 bridgehead atoms. The molecule has 11 nitrogen and oxygen atoms in total. The number of ether oxygens (including phenoxy) is 1. The molecule has 0 radical (unpaired) electrons. The maximum atomic E-state index is 14.0. The second-order valence-electron chi connectivity index (χ2n) is 9.21. The molecule has 0 heterocycles. The molecule has 0 aromatic heterocycles. The Morgan fingerprint density at radius 2 is 1.69 bits per heavy atom. The minimum Gasteiger partial charge on any atom is -0.497 e. The number of halogens is 2. The van der Waals surface area contributed by atoms with Crippen LogP contribution in [0.25, 0.3) is 0 Å². The smallest absolute Gasteiger partial charge is 0.273 e. The molecule has 1 N–H and O–H groups in total. The number of nitrogens with one attached hydrogen (secondary N) is 1. The van der Waals surface area contributed by atoms with Gasteiger partial charge < -0.3 is 15.0 Å². The van der Waals surface area contributed by atoms with Crippen molar-refractivity contribution in [2.45, 2.75) is 38.3 Å². The van der Waals surface area contributed by atoms with E-state index in [1.807, 2.05) is 0 Å². The fourth-order valence-electron chi connectivity index (χ4n) is 4.11. The number of carbonyl (C=O) groups excluding carboxylic acids is 2. The Morgan fingerprint density at radius 1 is 1.07 bits per heavy atom. The van der Waals surface area contributed by atoms with Crippen LogP contribution in [0.2, 0.25) is 10.0 Å². The van der Waals surface area contributed by atoms with Gasteiger partial charge in [-0.1, -0.05) is 35.3 Å². The van der Waals surface area contributed by atoms with Crippen LogP contribution in [0.1, 0.15) is 25.0 Å². The Labute approximate surface area is 254 Å². The lowest BCUT2D eigenvalue weighted by Crippen LogP contribution is -2.51. The van der Waals surface area contributed by atoms with Gasteiger partial charge in [-0.15, -0.1) is 0 Å². The SMILES string of the molecule is CCNC(=O)C(C)N(Cc1c(Cl)cccc1Cl)C(=O)CN(c1ccc(OC)cc1)S(=O)(=O)c1ccc(C)c([N+](=O)[O-])c1. The van der Waals surface area contributed by atoms with Crippen molar-refractivity contribution in [2.24, 2.45) is 0 Å². The van der Waals surface area contributed by atoms with E-state index >= 15 is 0 Å². The highest BCUT2D eigenvalue weighted by Crippen LogP contribution is 2.30. The van der Waals surface area contributed by atoms with Crippen molar-refractivity contribution in [1.29, 1.82) is 0 Å². The van der Waals surface area contributed by atoms with Gasteiger partial charge >= 0.3 is 0 Å². The minimum absolute atomic E-state index is 0.0915. The number of nitrogens with zero attached hydrogens (tertiary/aromatic N) is 3. The first-order chi connectivity index (χ1) is 19.8. The third-order valence-corrected chi connectivity index (χ3v) is 8.99. The molecule has 224 valence electrons. The van der Waals surface area contributed by atoms with Gasteiger partial charge in [0, 0.05) is 40.3 Å². The lowest BCUT2D eigenvalue weighted by atomic mass is 10.1. The Morgan fingerprint density at radius 3 is 2.24 bits per heavy atom. The first-order valence-corrected chi connectivity index (χ1v) is 14.9. The predicted molar refractivity (Wildman–Crippen MR) is 161 cm³/mol. The summed E-state index contributed by atoms with van der Waals surface area (Å²) in [5.41, 5.74) is 0.341. The van der Waals surface area contributed by atoms with Crippen LogP contribution in [-0.4, -0.2) is 56.3 Å². The van der Waals surface area contributed by atoms with Crippen molar-refractivity contribution in [3.8, 4) is 5.75 Å². The molecule has 1 unspecified atom stereocenters. The molecule has 1 atom stereocenters. The summed E-state index contributed by atoms with van der Waals surface area (Å²) >= 11 is 12.7. The van der Waals surface area contributed by atoms with Gasteiger partial charge in [-0.3, -0.25) is 24.0 Å². The lowest BCUT2D eigenvalue weighted by molar-refractivity contribution is -0.385. The quantitative estimate of drug-likeness (QED) is 0.219. The average molecular weight is 638 g/mol. The van der Waals surface area contributed by atoms with Gasteiger partial charge in [-0.2, -0.15) is 0 Å². The molecular formula is C28H30Cl2N4O7S. The van der Waals surface area contributed by atoms with E-state index in [0.717, 1.165) is 10.4 Å². The van der Waals surface area contributed by atoms with Gasteiger partial charge in [0.15, 0.2) is 0 Å². The number of amides is 2. The number of aryl methyl sites for hydroxylation is 1. The van der Waals surface area contributed by atoms with Crippen molar-refractivity contribution in [2.75, 3.05) is 24.5 Å². The first kappa shape index (κ1) is 32.6. The maximum Gasteiger partial charge on any atom is 0.273 e. The van der Waals surface area contributed by atoms with E-state index in [2.05, 4.69) is 5.32 Å². The molecular weight excluding hydrogens is 607 g/mol. The Balaban J connectivity index is 2.13. The second-order valence-corrected chi connectivity index (χ2v) is 11.9. The highest BCUT2D eigenvalue weighted by molar-refractivity contribution is 7.92. The second kappa shape index (κ2) is 13.9. The van der Waals surface area contributed by atoms with E-state index in [1.54, 1.807) is 25.1 Å². The number of likely N-dealkylation sites (N-methyl/N-ethyl adjacent to an activating group) is 1. The number of sulfonamides is 1. The predicted octanol–water partition coefficient (Wildman–Crippen LogP) is 4.97. The zero-order valence-corrected chi connectivity index (χ0v) is 25.7. The molecule has 0 aliphatic heterocycles. The van der Waals surface area contributed by atoms with E-state index in [1.165, 1.54) is 62.3 Å². The molecule has 0 saturated heterocycles. The summed E-state index contributed by atoms with van der Waals surface area (Å²) in [7, 11) is -3.09.